The molecule has 6 nitrogen and oxygen atoms in total. The molecule has 120 valence electrons. The van der Waals surface area contributed by atoms with E-state index in [2.05, 4.69) is 15.7 Å². The molecule has 0 spiro atoms. The van der Waals surface area contributed by atoms with Gasteiger partial charge in [0.15, 0.2) is 0 Å². The molecule has 1 aromatic heterocycles. The predicted octanol–water partition coefficient (Wildman–Crippen LogP) is 1.81. The first kappa shape index (κ1) is 15.3. The molecule has 0 atom stereocenters. The minimum atomic E-state index is -0.157. The highest BCUT2D eigenvalue weighted by molar-refractivity contribution is 5.95. The molecule has 0 fully saturated rings. The van der Waals surface area contributed by atoms with E-state index in [1.54, 1.807) is 6.20 Å². The monoisotopic (exact) mass is 312 g/mol. The Morgan fingerprint density at radius 2 is 2.22 bits per heavy atom. The van der Waals surface area contributed by atoms with Crippen LogP contribution in [0.4, 0.5) is 5.69 Å². The molecule has 1 aliphatic rings. The summed E-state index contributed by atoms with van der Waals surface area (Å²) in [4.78, 5) is 24.1. The third-order valence-electron chi connectivity index (χ3n) is 3.92. The van der Waals surface area contributed by atoms with Gasteiger partial charge in [-0.1, -0.05) is 17.7 Å². The van der Waals surface area contributed by atoms with Crippen LogP contribution in [0.15, 0.2) is 24.4 Å². The topological polar surface area (TPSA) is 76.0 Å². The van der Waals surface area contributed by atoms with Gasteiger partial charge in [-0.05, 0) is 38.3 Å². The number of amides is 2. The van der Waals surface area contributed by atoms with E-state index in [9.17, 15) is 9.59 Å². The summed E-state index contributed by atoms with van der Waals surface area (Å²) in [6.07, 6.45) is 3.27. The molecular weight excluding hydrogens is 292 g/mol. The Bertz CT molecular complexity index is 764. The standard InChI is InChI=1S/C17H20N4O2/c1-11-5-6-14(12(2)8-11)19-16(22)10-21-9-13-15(20-21)4-3-7-18-17(13)23/h5-6,8-9H,3-4,7,10H2,1-2H3,(H,18,23)(H,19,22). The zero-order chi connectivity index (χ0) is 16.4. The summed E-state index contributed by atoms with van der Waals surface area (Å²) in [6, 6.07) is 5.88. The minimum Gasteiger partial charge on any atom is -0.352 e. The van der Waals surface area contributed by atoms with E-state index in [0.717, 1.165) is 35.3 Å². The highest BCUT2D eigenvalue weighted by Gasteiger charge is 2.19. The molecule has 1 aromatic carbocycles. The van der Waals surface area contributed by atoms with Gasteiger partial charge in [-0.15, -0.1) is 0 Å². The molecule has 6 heteroatoms. The van der Waals surface area contributed by atoms with Crippen LogP contribution in [-0.4, -0.2) is 28.1 Å². The van der Waals surface area contributed by atoms with Crippen molar-refractivity contribution >= 4 is 17.5 Å². The first-order chi connectivity index (χ1) is 11.0. The molecule has 0 aliphatic carbocycles. The Balaban J connectivity index is 1.71. The van der Waals surface area contributed by atoms with Gasteiger partial charge in [-0.25, -0.2) is 0 Å². The summed E-state index contributed by atoms with van der Waals surface area (Å²) in [7, 11) is 0. The van der Waals surface area contributed by atoms with Crippen molar-refractivity contribution in [2.75, 3.05) is 11.9 Å². The van der Waals surface area contributed by atoms with Crippen molar-refractivity contribution in [1.29, 1.82) is 0 Å². The van der Waals surface area contributed by atoms with Gasteiger partial charge in [0.1, 0.15) is 6.54 Å². The number of benzene rings is 1. The number of aryl methyl sites for hydroxylation is 3. The van der Waals surface area contributed by atoms with Gasteiger partial charge in [-0.2, -0.15) is 5.10 Å². The van der Waals surface area contributed by atoms with E-state index in [-0.39, 0.29) is 18.4 Å². The summed E-state index contributed by atoms with van der Waals surface area (Å²) in [5.74, 6) is -0.270. The number of fused-ring (bicyclic) bond motifs is 1. The summed E-state index contributed by atoms with van der Waals surface area (Å²) >= 11 is 0. The van der Waals surface area contributed by atoms with Crippen molar-refractivity contribution in [1.82, 2.24) is 15.1 Å². The number of carbonyl (C=O) groups excluding carboxylic acids is 2. The SMILES string of the molecule is Cc1ccc(NC(=O)Cn2cc3c(n2)CCCNC3=O)c(C)c1. The Morgan fingerprint density at radius 3 is 3.00 bits per heavy atom. The molecular formula is C17H20N4O2. The van der Waals surface area contributed by atoms with E-state index < -0.39 is 0 Å². The largest absolute Gasteiger partial charge is 0.352 e. The molecule has 2 amide bonds. The van der Waals surface area contributed by atoms with Crippen molar-refractivity contribution in [3.63, 3.8) is 0 Å². The second kappa shape index (κ2) is 6.24. The van der Waals surface area contributed by atoms with Gasteiger partial charge in [0.2, 0.25) is 5.91 Å². The first-order valence-electron chi connectivity index (χ1n) is 7.74. The Labute approximate surface area is 134 Å². The van der Waals surface area contributed by atoms with Crippen LogP contribution < -0.4 is 10.6 Å². The van der Waals surface area contributed by atoms with E-state index in [0.29, 0.717) is 12.1 Å². The number of rotatable bonds is 3. The predicted molar refractivity (Wildman–Crippen MR) is 87.4 cm³/mol. The van der Waals surface area contributed by atoms with Gasteiger partial charge in [0, 0.05) is 18.4 Å². The normalized spacial score (nSPS) is 13.9. The van der Waals surface area contributed by atoms with Crippen LogP contribution in [-0.2, 0) is 17.8 Å². The zero-order valence-electron chi connectivity index (χ0n) is 13.3. The maximum Gasteiger partial charge on any atom is 0.254 e. The van der Waals surface area contributed by atoms with Gasteiger partial charge in [0.25, 0.3) is 5.91 Å². The third-order valence-corrected chi connectivity index (χ3v) is 3.92. The number of anilines is 1. The van der Waals surface area contributed by atoms with Crippen LogP contribution >= 0.6 is 0 Å². The minimum absolute atomic E-state index is 0.0909. The van der Waals surface area contributed by atoms with E-state index in [1.807, 2.05) is 32.0 Å². The van der Waals surface area contributed by atoms with Crippen LogP contribution in [0.2, 0.25) is 0 Å². The molecule has 0 saturated heterocycles. The van der Waals surface area contributed by atoms with E-state index in [4.69, 9.17) is 0 Å². The lowest BCUT2D eigenvalue weighted by molar-refractivity contribution is -0.116. The number of nitrogens with one attached hydrogen (secondary N) is 2. The fourth-order valence-electron chi connectivity index (χ4n) is 2.76. The molecule has 2 heterocycles. The highest BCUT2D eigenvalue weighted by atomic mass is 16.2. The molecule has 3 rings (SSSR count). The van der Waals surface area contributed by atoms with Gasteiger partial charge >= 0.3 is 0 Å². The third kappa shape index (κ3) is 3.41. The van der Waals surface area contributed by atoms with Crippen LogP contribution in [0.3, 0.4) is 0 Å². The smallest absolute Gasteiger partial charge is 0.254 e. The fraction of sp³-hybridized carbons (Fsp3) is 0.353. The average Bonchev–Trinajstić information content (AvgIpc) is 2.81. The van der Waals surface area contributed by atoms with Crippen LogP contribution in [0.1, 0.15) is 33.6 Å². The number of carbonyl (C=O) groups is 2. The lowest BCUT2D eigenvalue weighted by Crippen LogP contribution is -2.23. The quantitative estimate of drug-likeness (QED) is 0.907. The number of hydrogen-bond donors (Lipinski definition) is 2. The summed E-state index contributed by atoms with van der Waals surface area (Å²) in [6.45, 7) is 4.74. The Kier molecular flexibility index (Phi) is 4.14. The Hall–Kier alpha value is -2.63. The summed E-state index contributed by atoms with van der Waals surface area (Å²) < 4.78 is 1.54. The first-order valence-corrected chi connectivity index (χ1v) is 7.74. The van der Waals surface area contributed by atoms with Crippen LogP contribution in [0.25, 0.3) is 0 Å². The second-order valence-electron chi connectivity index (χ2n) is 5.91. The van der Waals surface area contributed by atoms with Crippen molar-refractivity contribution in [2.45, 2.75) is 33.2 Å². The number of nitrogens with zero attached hydrogens (tertiary/aromatic N) is 2. The van der Waals surface area contributed by atoms with Gasteiger partial charge in [0.05, 0.1) is 11.3 Å². The van der Waals surface area contributed by atoms with Crippen LogP contribution in [0, 0.1) is 13.8 Å². The molecule has 0 bridgehead atoms. The maximum absolute atomic E-state index is 12.2. The highest BCUT2D eigenvalue weighted by Crippen LogP contribution is 2.16. The van der Waals surface area contributed by atoms with Crippen molar-refractivity contribution < 1.29 is 9.59 Å². The van der Waals surface area contributed by atoms with E-state index >= 15 is 0 Å². The van der Waals surface area contributed by atoms with Crippen molar-refractivity contribution in [3.8, 4) is 0 Å². The molecule has 23 heavy (non-hydrogen) atoms. The maximum atomic E-state index is 12.2. The summed E-state index contributed by atoms with van der Waals surface area (Å²) in [5, 5.41) is 10.1. The Morgan fingerprint density at radius 1 is 1.39 bits per heavy atom. The van der Waals surface area contributed by atoms with E-state index in [1.165, 1.54) is 4.68 Å². The van der Waals surface area contributed by atoms with Crippen LogP contribution in [0.5, 0.6) is 0 Å². The number of aromatic nitrogens is 2. The molecule has 2 N–H and O–H groups in total. The number of hydrogen-bond acceptors (Lipinski definition) is 3. The molecule has 0 unspecified atom stereocenters. The van der Waals surface area contributed by atoms with Gasteiger partial charge < -0.3 is 10.6 Å². The van der Waals surface area contributed by atoms with Gasteiger partial charge in [-0.3, -0.25) is 14.3 Å². The molecule has 2 aromatic rings. The molecule has 0 saturated carbocycles. The molecule has 1 aliphatic heterocycles. The summed E-state index contributed by atoms with van der Waals surface area (Å²) in [5.41, 5.74) is 4.31. The second-order valence-corrected chi connectivity index (χ2v) is 5.91. The lowest BCUT2D eigenvalue weighted by Gasteiger charge is -2.09. The average molecular weight is 312 g/mol. The zero-order valence-corrected chi connectivity index (χ0v) is 13.3. The lowest BCUT2D eigenvalue weighted by atomic mass is 10.1. The van der Waals surface area contributed by atoms with Crippen molar-refractivity contribution in [2.24, 2.45) is 0 Å². The van der Waals surface area contributed by atoms with Crippen molar-refractivity contribution in [3.05, 3.63) is 46.8 Å². The molecule has 0 radical (unpaired) electrons. The fourth-order valence-corrected chi connectivity index (χ4v) is 2.76.